The van der Waals surface area contributed by atoms with Crippen LogP contribution in [0.4, 0.5) is 0 Å². The van der Waals surface area contributed by atoms with E-state index >= 15 is 0 Å². The number of nitrogens with two attached hydrogens (primary N) is 1. The van der Waals surface area contributed by atoms with Crippen molar-refractivity contribution in [1.82, 2.24) is 5.32 Å². The monoisotopic (exact) mass is 208 g/mol. The van der Waals surface area contributed by atoms with Crippen LogP contribution in [-0.4, -0.2) is 32.2 Å². The highest BCUT2D eigenvalue weighted by atomic mass is 35.5. The zero-order valence-corrected chi connectivity index (χ0v) is 8.60. The molecule has 5 heteroatoms. The SMILES string of the molecule is CNC(=O)C(N)C1CCOCC1.Cl. The van der Waals surface area contributed by atoms with Crippen molar-refractivity contribution in [1.29, 1.82) is 0 Å². The molecule has 0 bridgehead atoms. The van der Waals surface area contributed by atoms with Crippen molar-refractivity contribution in [2.24, 2.45) is 11.7 Å². The highest BCUT2D eigenvalue weighted by molar-refractivity contribution is 5.85. The smallest absolute Gasteiger partial charge is 0.236 e. The molecule has 0 spiro atoms. The van der Waals surface area contributed by atoms with E-state index in [1.807, 2.05) is 0 Å². The second-order valence-electron chi connectivity index (χ2n) is 3.09. The van der Waals surface area contributed by atoms with E-state index in [-0.39, 0.29) is 24.4 Å². The second-order valence-corrected chi connectivity index (χ2v) is 3.09. The van der Waals surface area contributed by atoms with Gasteiger partial charge in [-0.3, -0.25) is 4.79 Å². The molecule has 4 nitrogen and oxygen atoms in total. The van der Waals surface area contributed by atoms with Crippen LogP contribution in [0.2, 0.25) is 0 Å². The fraction of sp³-hybridized carbons (Fsp3) is 0.875. The lowest BCUT2D eigenvalue weighted by Crippen LogP contribution is -2.45. The van der Waals surface area contributed by atoms with Gasteiger partial charge >= 0.3 is 0 Å². The molecule has 1 heterocycles. The van der Waals surface area contributed by atoms with Gasteiger partial charge in [-0.25, -0.2) is 0 Å². The zero-order chi connectivity index (χ0) is 8.97. The Kier molecular flexibility index (Phi) is 6.03. The molecule has 1 unspecified atom stereocenters. The first-order valence-corrected chi connectivity index (χ1v) is 4.30. The van der Waals surface area contributed by atoms with Gasteiger partial charge in [0.15, 0.2) is 0 Å². The normalized spacial score (nSPS) is 20.2. The molecule has 1 aliphatic rings. The first-order chi connectivity index (χ1) is 5.75. The van der Waals surface area contributed by atoms with Crippen LogP contribution in [0.3, 0.4) is 0 Å². The van der Waals surface area contributed by atoms with Crippen molar-refractivity contribution in [3.63, 3.8) is 0 Å². The Morgan fingerprint density at radius 3 is 2.54 bits per heavy atom. The summed E-state index contributed by atoms with van der Waals surface area (Å²) in [4.78, 5) is 11.1. The fourth-order valence-electron chi connectivity index (χ4n) is 1.46. The summed E-state index contributed by atoms with van der Waals surface area (Å²) in [5.74, 6) is 0.223. The summed E-state index contributed by atoms with van der Waals surface area (Å²) in [7, 11) is 1.61. The molecule has 1 amide bonds. The van der Waals surface area contributed by atoms with Gasteiger partial charge in [-0.1, -0.05) is 0 Å². The molecule has 1 rings (SSSR count). The number of carbonyl (C=O) groups is 1. The van der Waals surface area contributed by atoms with Crippen LogP contribution in [0.25, 0.3) is 0 Å². The Labute approximate surface area is 84.6 Å². The number of nitrogens with one attached hydrogen (secondary N) is 1. The van der Waals surface area contributed by atoms with Gasteiger partial charge in [0.1, 0.15) is 0 Å². The van der Waals surface area contributed by atoms with Crippen LogP contribution in [0, 0.1) is 5.92 Å². The van der Waals surface area contributed by atoms with Gasteiger partial charge in [0.2, 0.25) is 5.91 Å². The average molecular weight is 209 g/mol. The van der Waals surface area contributed by atoms with Gasteiger partial charge in [0.25, 0.3) is 0 Å². The number of hydrogen-bond donors (Lipinski definition) is 2. The molecular weight excluding hydrogens is 192 g/mol. The third kappa shape index (κ3) is 3.50. The Hall–Kier alpha value is -0.320. The second kappa shape index (κ2) is 6.18. The van der Waals surface area contributed by atoms with Crippen molar-refractivity contribution in [3.8, 4) is 0 Å². The lowest BCUT2D eigenvalue weighted by Gasteiger charge is -2.26. The number of carbonyl (C=O) groups excluding carboxylic acids is 1. The number of halogens is 1. The van der Waals surface area contributed by atoms with Crippen molar-refractivity contribution in [3.05, 3.63) is 0 Å². The summed E-state index contributed by atoms with van der Waals surface area (Å²) in [5.41, 5.74) is 5.73. The minimum absolute atomic E-state index is 0. The average Bonchev–Trinajstić information content (AvgIpc) is 2.17. The quantitative estimate of drug-likeness (QED) is 0.667. The topological polar surface area (TPSA) is 64.4 Å². The standard InChI is InChI=1S/C8H16N2O2.ClH/c1-10-8(11)7(9)6-2-4-12-5-3-6;/h6-7H,2-5,9H2,1H3,(H,10,11);1H. The van der Waals surface area contributed by atoms with Crippen LogP contribution in [0.15, 0.2) is 0 Å². The molecule has 78 valence electrons. The molecule has 13 heavy (non-hydrogen) atoms. The Morgan fingerprint density at radius 2 is 2.08 bits per heavy atom. The van der Waals surface area contributed by atoms with E-state index < -0.39 is 0 Å². The van der Waals surface area contributed by atoms with Crippen LogP contribution >= 0.6 is 12.4 Å². The lowest BCUT2D eigenvalue weighted by atomic mass is 9.92. The predicted molar refractivity (Wildman–Crippen MR) is 52.8 cm³/mol. The Balaban J connectivity index is 0.00000144. The number of amides is 1. The minimum atomic E-state index is -0.362. The summed E-state index contributed by atoms with van der Waals surface area (Å²) < 4.78 is 5.18. The predicted octanol–water partition coefficient (Wildman–Crippen LogP) is -0.0919. The van der Waals surface area contributed by atoms with Crippen LogP contribution < -0.4 is 11.1 Å². The molecule has 0 aliphatic carbocycles. The maximum atomic E-state index is 11.1. The van der Waals surface area contributed by atoms with E-state index in [9.17, 15) is 4.79 Å². The summed E-state index contributed by atoms with van der Waals surface area (Å²) in [6, 6.07) is -0.362. The third-order valence-corrected chi connectivity index (χ3v) is 2.32. The summed E-state index contributed by atoms with van der Waals surface area (Å²) >= 11 is 0. The largest absolute Gasteiger partial charge is 0.381 e. The van der Waals surface area contributed by atoms with E-state index in [0.29, 0.717) is 5.92 Å². The number of ether oxygens (including phenoxy) is 1. The number of hydrogen-bond acceptors (Lipinski definition) is 3. The molecule has 0 aromatic carbocycles. The molecule has 1 saturated heterocycles. The summed E-state index contributed by atoms with van der Waals surface area (Å²) in [6.07, 6.45) is 1.79. The van der Waals surface area contributed by atoms with Crippen molar-refractivity contribution in [2.45, 2.75) is 18.9 Å². The molecule has 1 aliphatic heterocycles. The van der Waals surface area contributed by atoms with E-state index in [1.165, 1.54) is 0 Å². The molecule has 1 fully saturated rings. The van der Waals surface area contributed by atoms with Gasteiger partial charge < -0.3 is 15.8 Å². The van der Waals surface area contributed by atoms with E-state index in [0.717, 1.165) is 26.1 Å². The number of likely N-dealkylation sites (N-methyl/N-ethyl adjacent to an activating group) is 1. The number of rotatable bonds is 2. The molecule has 1 atom stereocenters. The Morgan fingerprint density at radius 1 is 1.54 bits per heavy atom. The molecular formula is C8H17ClN2O2. The lowest BCUT2D eigenvalue weighted by molar-refractivity contribution is -0.123. The molecule has 0 aromatic rings. The van der Waals surface area contributed by atoms with Gasteiger partial charge in [-0.2, -0.15) is 0 Å². The fourth-order valence-corrected chi connectivity index (χ4v) is 1.46. The van der Waals surface area contributed by atoms with E-state index in [4.69, 9.17) is 10.5 Å². The molecule has 0 radical (unpaired) electrons. The summed E-state index contributed by atoms with van der Waals surface area (Å²) in [6.45, 7) is 1.46. The van der Waals surface area contributed by atoms with Crippen LogP contribution in [-0.2, 0) is 9.53 Å². The maximum Gasteiger partial charge on any atom is 0.236 e. The highest BCUT2D eigenvalue weighted by Gasteiger charge is 2.25. The Bertz CT molecular complexity index is 160. The van der Waals surface area contributed by atoms with Gasteiger partial charge in [0.05, 0.1) is 6.04 Å². The summed E-state index contributed by atoms with van der Waals surface area (Å²) in [5, 5.41) is 2.56. The van der Waals surface area contributed by atoms with E-state index in [1.54, 1.807) is 7.05 Å². The third-order valence-electron chi connectivity index (χ3n) is 2.32. The van der Waals surface area contributed by atoms with Crippen molar-refractivity contribution >= 4 is 18.3 Å². The van der Waals surface area contributed by atoms with Gasteiger partial charge in [0, 0.05) is 20.3 Å². The first kappa shape index (κ1) is 12.7. The van der Waals surface area contributed by atoms with Crippen LogP contribution in [0.5, 0.6) is 0 Å². The molecule has 3 N–H and O–H groups in total. The molecule has 0 saturated carbocycles. The minimum Gasteiger partial charge on any atom is -0.381 e. The van der Waals surface area contributed by atoms with Crippen molar-refractivity contribution in [2.75, 3.05) is 20.3 Å². The van der Waals surface area contributed by atoms with Gasteiger partial charge in [-0.05, 0) is 18.8 Å². The highest BCUT2D eigenvalue weighted by Crippen LogP contribution is 2.17. The first-order valence-electron chi connectivity index (χ1n) is 4.30. The van der Waals surface area contributed by atoms with Gasteiger partial charge in [-0.15, -0.1) is 12.4 Å². The van der Waals surface area contributed by atoms with Crippen LogP contribution in [0.1, 0.15) is 12.8 Å². The van der Waals surface area contributed by atoms with Crippen molar-refractivity contribution < 1.29 is 9.53 Å². The maximum absolute atomic E-state index is 11.1. The van der Waals surface area contributed by atoms with E-state index in [2.05, 4.69) is 5.32 Å². The zero-order valence-electron chi connectivity index (χ0n) is 7.79. The molecule has 0 aromatic heterocycles.